The molecule has 1 heterocycles. The minimum absolute atomic E-state index is 0.00225. The van der Waals surface area contributed by atoms with E-state index < -0.39 is 12.0 Å². The van der Waals surface area contributed by atoms with Gasteiger partial charge in [0.25, 0.3) is 0 Å². The van der Waals surface area contributed by atoms with Crippen LogP contribution < -0.4 is 5.32 Å². The maximum atomic E-state index is 11.9. The van der Waals surface area contributed by atoms with Crippen molar-refractivity contribution in [3.63, 3.8) is 0 Å². The second-order valence-corrected chi connectivity index (χ2v) is 4.69. The highest BCUT2D eigenvalue weighted by atomic mass is 16.5. The standard InChI is InChI=1S/C12H22N2O4/c1-4-18-9(3)7-13-12(17)14-6-5-8(2)10(14)11(15)16/h8-10H,4-7H2,1-3H3,(H,13,17)(H,15,16). The summed E-state index contributed by atoms with van der Waals surface area (Å²) in [5, 5.41) is 11.8. The van der Waals surface area contributed by atoms with Crippen LogP contribution in [0, 0.1) is 5.92 Å². The van der Waals surface area contributed by atoms with Crippen LogP contribution in [0.3, 0.4) is 0 Å². The van der Waals surface area contributed by atoms with Gasteiger partial charge in [0.15, 0.2) is 0 Å². The Hall–Kier alpha value is -1.30. The summed E-state index contributed by atoms with van der Waals surface area (Å²) in [4.78, 5) is 24.4. The molecule has 0 radical (unpaired) electrons. The fraction of sp³-hybridized carbons (Fsp3) is 0.833. The fourth-order valence-electron chi connectivity index (χ4n) is 2.23. The van der Waals surface area contributed by atoms with Crippen molar-refractivity contribution < 1.29 is 19.4 Å². The predicted molar refractivity (Wildman–Crippen MR) is 66.4 cm³/mol. The molecule has 0 bridgehead atoms. The molecule has 2 amide bonds. The average Bonchev–Trinajstić information content (AvgIpc) is 2.68. The van der Waals surface area contributed by atoms with E-state index in [1.807, 2.05) is 20.8 Å². The van der Waals surface area contributed by atoms with E-state index in [0.717, 1.165) is 6.42 Å². The number of carbonyl (C=O) groups excluding carboxylic acids is 1. The highest BCUT2D eigenvalue weighted by Crippen LogP contribution is 2.23. The number of rotatable bonds is 5. The lowest BCUT2D eigenvalue weighted by Gasteiger charge is -2.24. The second kappa shape index (κ2) is 6.58. The average molecular weight is 258 g/mol. The number of urea groups is 1. The van der Waals surface area contributed by atoms with E-state index in [2.05, 4.69) is 5.32 Å². The maximum Gasteiger partial charge on any atom is 0.326 e. The van der Waals surface area contributed by atoms with E-state index >= 15 is 0 Å². The van der Waals surface area contributed by atoms with Gasteiger partial charge in [-0.25, -0.2) is 9.59 Å². The molecule has 104 valence electrons. The van der Waals surface area contributed by atoms with E-state index in [4.69, 9.17) is 9.84 Å². The van der Waals surface area contributed by atoms with Crippen molar-refractivity contribution >= 4 is 12.0 Å². The molecule has 0 spiro atoms. The Labute approximate surface area is 107 Å². The van der Waals surface area contributed by atoms with Crippen LogP contribution in [0.2, 0.25) is 0 Å². The summed E-state index contributed by atoms with van der Waals surface area (Å²) in [6.07, 6.45) is 0.660. The van der Waals surface area contributed by atoms with E-state index in [0.29, 0.717) is 19.7 Å². The quantitative estimate of drug-likeness (QED) is 0.768. The topological polar surface area (TPSA) is 78.9 Å². The van der Waals surface area contributed by atoms with E-state index in [1.54, 1.807) is 0 Å². The van der Waals surface area contributed by atoms with Crippen LogP contribution in [0.5, 0.6) is 0 Å². The fourth-order valence-corrected chi connectivity index (χ4v) is 2.23. The van der Waals surface area contributed by atoms with Gasteiger partial charge in [0.2, 0.25) is 0 Å². The molecule has 2 N–H and O–H groups in total. The van der Waals surface area contributed by atoms with Crippen molar-refractivity contribution in [1.82, 2.24) is 10.2 Å². The van der Waals surface area contributed by atoms with Gasteiger partial charge in [0, 0.05) is 19.7 Å². The summed E-state index contributed by atoms with van der Waals surface area (Å²) in [5.74, 6) is -0.939. The number of carboxylic acid groups (broad SMARTS) is 1. The number of carboxylic acids is 1. The lowest BCUT2D eigenvalue weighted by atomic mass is 10.0. The third-order valence-corrected chi connectivity index (χ3v) is 3.21. The highest BCUT2D eigenvalue weighted by molar-refractivity contribution is 5.83. The molecule has 1 fully saturated rings. The van der Waals surface area contributed by atoms with Gasteiger partial charge in [-0.1, -0.05) is 6.92 Å². The number of hydrogen-bond donors (Lipinski definition) is 2. The van der Waals surface area contributed by atoms with Crippen LogP contribution in [0.1, 0.15) is 27.2 Å². The smallest absolute Gasteiger partial charge is 0.326 e. The lowest BCUT2D eigenvalue weighted by Crippen LogP contribution is -2.49. The Morgan fingerprint density at radius 1 is 1.56 bits per heavy atom. The van der Waals surface area contributed by atoms with E-state index in [9.17, 15) is 9.59 Å². The van der Waals surface area contributed by atoms with Crippen molar-refractivity contribution in [3.05, 3.63) is 0 Å². The molecule has 3 unspecified atom stereocenters. The maximum absolute atomic E-state index is 11.9. The molecule has 0 aromatic heterocycles. The van der Waals surface area contributed by atoms with Crippen molar-refractivity contribution in [1.29, 1.82) is 0 Å². The first-order valence-electron chi connectivity index (χ1n) is 6.36. The molecule has 18 heavy (non-hydrogen) atoms. The number of nitrogens with zero attached hydrogens (tertiary/aromatic N) is 1. The largest absolute Gasteiger partial charge is 0.480 e. The predicted octanol–water partition coefficient (Wildman–Crippen LogP) is 0.916. The Morgan fingerprint density at radius 2 is 2.22 bits per heavy atom. The van der Waals surface area contributed by atoms with E-state index in [-0.39, 0.29) is 18.1 Å². The molecule has 6 nitrogen and oxygen atoms in total. The Kier molecular flexibility index (Phi) is 5.40. The number of nitrogens with one attached hydrogen (secondary N) is 1. The molecular weight excluding hydrogens is 236 g/mol. The van der Waals surface area contributed by atoms with Crippen LogP contribution in [-0.2, 0) is 9.53 Å². The summed E-state index contributed by atoms with van der Waals surface area (Å²) < 4.78 is 5.30. The van der Waals surface area contributed by atoms with Gasteiger partial charge in [-0.15, -0.1) is 0 Å². The minimum atomic E-state index is -0.937. The number of likely N-dealkylation sites (tertiary alicyclic amines) is 1. The molecule has 1 aliphatic heterocycles. The summed E-state index contributed by atoms with van der Waals surface area (Å²) in [6.45, 7) is 7.09. The third-order valence-electron chi connectivity index (χ3n) is 3.21. The summed E-state index contributed by atoms with van der Waals surface area (Å²) in [7, 11) is 0. The summed E-state index contributed by atoms with van der Waals surface area (Å²) in [5.41, 5.74) is 0. The zero-order chi connectivity index (χ0) is 13.7. The molecular formula is C12H22N2O4. The molecule has 1 rings (SSSR count). The zero-order valence-electron chi connectivity index (χ0n) is 11.2. The number of amides is 2. The number of hydrogen-bond acceptors (Lipinski definition) is 3. The summed E-state index contributed by atoms with van der Waals surface area (Å²) in [6, 6.07) is -1.04. The molecule has 0 aromatic rings. The first-order valence-corrected chi connectivity index (χ1v) is 6.36. The van der Waals surface area contributed by atoms with Gasteiger partial charge in [0.05, 0.1) is 6.10 Å². The SMILES string of the molecule is CCOC(C)CNC(=O)N1CCC(C)C1C(=O)O. The van der Waals surface area contributed by atoms with Crippen molar-refractivity contribution in [2.24, 2.45) is 5.92 Å². The van der Waals surface area contributed by atoms with Crippen molar-refractivity contribution in [2.75, 3.05) is 19.7 Å². The number of ether oxygens (including phenoxy) is 1. The number of carbonyl (C=O) groups is 2. The second-order valence-electron chi connectivity index (χ2n) is 4.69. The van der Waals surface area contributed by atoms with Gasteiger partial charge in [0.1, 0.15) is 6.04 Å². The molecule has 3 atom stereocenters. The first kappa shape index (κ1) is 14.8. The molecule has 1 aliphatic rings. The monoisotopic (exact) mass is 258 g/mol. The van der Waals surface area contributed by atoms with Gasteiger partial charge in [-0.2, -0.15) is 0 Å². The third kappa shape index (κ3) is 3.60. The molecule has 0 saturated carbocycles. The number of aliphatic carboxylic acids is 1. The Balaban J connectivity index is 2.48. The minimum Gasteiger partial charge on any atom is -0.480 e. The van der Waals surface area contributed by atoms with Gasteiger partial charge < -0.3 is 20.1 Å². The normalized spacial score (nSPS) is 24.9. The van der Waals surface area contributed by atoms with Crippen molar-refractivity contribution in [3.8, 4) is 0 Å². The van der Waals surface area contributed by atoms with Crippen LogP contribution >= 0.6 is 0 Å². The first-order chi connectivity index (χ1) is 8.47. The molecule has 0 aromatic carbocycles. The zero-order valence-corrected chi connectivity index (χ0v) is 11.2. The lowest BCUT2D eigenvalue weighted by molar-refractivity contribution is -0.142. The highest BCUT2D eigenvalue weighted by Gasteiger charge is 2.39. The molecule has 0 aliphatic carbocycles. The molecule has 1 saturated heterocycles. The Morgan fingerprint density at radius 3 is 2.78 bits per heavy atom. The van der Waals surface area contributed by atoms with Crippen molar-refractivity contribution in [2.45, 2.75) is 39.3 Å². The van der Waals surface area contributed by atoms with Crippen LogP contribution in [0.4, 0.5) is 4.79 Å². The van der Waals surface area contributed by atoms with E-state index in [1.165, 1.54) is 4.90 Å². The van der Waals surface area contributed by atoms with Gasteiger partial charge in [-0.05, 0) is 26.2 Å². The molecule has 6 heteroatoms. The Bertz CT molecular complexity index is 308. The van der Waals surface area contributed by atoms with Crippen LogP contribution in [0.15, 0.2) is 0 Å². The van der Waals surface area contributed by atoms with Crippen LogP contribution in [-0.4, -0.2) is 53.8 Å². The van der Waals surface area contributed by atoms with Crippen LogP contribution in [0.25, 0.3) is 0 Å². The summed E-state index contributed by atoms with van der Waals surface area (Å²) >= 11 is 0. The van der Waals surface area contributed by atoms with Gasteiger partial charge in [-0.3, -0.25) is 0 Å². The van der Waals surface area contributed by atoms with Gasteiger partial charge >= 0.3 is 12.0 Å².